The van der Waals surface area contributed by atoms with Crippen molar-refractivity contribution < 1.29 is 18.7 Å². The van der Waals surface area contributed by atoms with Crippen molar-refractivity contribution in [3.63, 3.8) is 0 Å². The maximum Gasteiger partial charge on any atom is 0.409 e. The lowest BCUT2D eigenvalue weighted by atomic mass is 9.97. The van der Waals surface area contributed by atoms with E-state index in [-0.39, 0.29) is 23.9 Å². The summed E-state index contributed by atoms with van der Waals surface area (Å²) in [6.45, 7) is 7.43. The number of halogens is 1. The summed E-state index contributed by atoms with van der Waals surface area (Å²) in [6.07, 6.45) is 4.01. The normalized spacial score (nSPS) is 24.4. The van der Waals surface area contributed by atoms with Crippen LogP contribution in [0, 0.1) is 12.7 Å². The molecule has 7 nitrogen and oxygen atoms in total. The number of nitrogens with one attached hydrogen (secondary N) is 2. The Bertz CT molecular complexity index is 794. The van der Waals surface area contributed by atoms with Crippen LogP contribution in [-0.4, -0.2) is 72.7 Å². The molecule has 2 N–H and O–H groups in total. The Kier molecular flexibility index (Phi) is 6.65. The van der Waals surface area contributed by atoms with E-state index in [1.165, 1.54) is 6.07 Å². The van der Waals surface area contributed by atoms with Crippen molar-refractivity contribution in [3.8, 4) is 0 Å². The number of carbonyl (C=O) groups is 2. The highest BCUT2D eigenvalue weighted by atomic mass is 19.1. The van der Waals surface area contributed by atoms with Crippen LogP contribution in [0.3, 0.4) is 0 Å². The number of piperidine rings is 2. The molecule has 2 atom stereocenters. The number of hydrogen-bond donors (Lipinski definition) is 2. The van der Waals surface area contributed by atoms with Crippen LogP contribution in [0.2, 0.25) is 0 Å². The molecule has 1 aromatic rings. The van der Waals surface area contributed by atoms with Gasteiger partial charge in [-0.05, 0) is 57.7 Å². The molecule has 1 unspecified atom stereocenters. The van der Waals surface area contributed by atoms with E-state index in [2.05, 4.69) is 15.5 Å². The molecule has 31 heavy (non-hydrogen) atoms. The number of likely N-dealkylation sites (tertiary alicyclic amines) is 2. The Morgan fingerprint density at radius 3 is 2.71 bits per heavy atom. The molecule has 0 radical (unpaired) electrons. The van der Waals surface area contributed by atoms with Crippen LogP contribution in [0.25, 0.3) is 0 Å². The molecule has 170 valence electrons. The number of fused-ring (bicyclic) bond motifs is 1. The number of ether oxygens (including phenoxy) is 1. The van der Waals surface area contributed by atoms with Gasteiger partial charge >= 0.3 is 6.09 Å². The lowest BCUT2D eigenvalue weighted by Crippen LogP contribution is -2.55. The summed E-state index contributed by atoms with van der Waals surface area (Å²) in [4.78, 5) is 29.1. The van der Waals surface area contributed by atoms with Gasteiger partial charge in [0.2, 0.25) is 5.91 Å². The SMILES string of the molecule is CCOC(=O)N1CCC(N2CCC[C@H](NC(=O)C3Cc4c(F)ccc(C)c4N3)C2)CC1. The van der Waals surface area contributed by atoms with Gasteiger partial charge < -0.3 is 20.3 Å². The van der Waals surface area contributed by atoms with Gasteiger partial charge in [0.25, 0.3) is 0 Å². The van der Waals surface area contributed by atoms with E-state index in [9.17, 15) is 14.0 Å². The van der Waals surface area contributed by atoms with Crippen molar-refractivity contribution in [1.82, 2.24) is 15.1 Å². The van der Waals surface area contributed by atoms with Crippen LogP contribution in [0.5, 0.6) is 0 Å². The maximum atomic E-state index is 14.1. The highest BCUT2D eigenvalue weighted by Crippen LogP contribution is 2.31. The van der Waals surface area contributed by atoms with E-state index in [0.717, 1.165) is 50.0 Å². The second kappa shape index (κ2) is 9.42. The number of rotatable bonds is 4. The second-order valence-electron chi connectivity index (χ2n) is 8.88. The summed E-state index contributed by atoms with van der Waals surface area (Å²) in [6, 6.07) is 3.32. The number of nitrogens with zero attached hydrogens (tertiary/aromatic N) is 2. The average molecular weight is 433 g/mol. The van der Waals surface area contributed by atoms with Crippen molar-refractivity contribution >= 4 is 17.7 Å². The summed E-state index contributed by atoms with van der Waals surface area (Å²) < 4.78 is 19.2. The summed E-state index contributed by atoms with van der Waals surface area (Å²) >= 11 is 0. The second-order valence-corrected chi connectivity index (χ2v) is 8.88. The van der Waals surface area contributed by atoms with E-state index in [1.54, 1.807) is 11.0 Å². The maximum absolute atomic E-state index is 14.1. The summed E-state index contributed by atoms with van der Waals surface area (Å²) in [5.41, 5.74) is 2.34. The first-order valence-electron chi connectivity index (χ1n) is 11.5. The molecule has 2 fully saturated rings. The van der Waals surface area contributed by atoms with Crippen molar-refractivity contribution in [1.29, 1.82) is 0 Å². The number of carbonyl (C=O) groups excluding carboxylic acids is 2. The third-order valence-corrected chi connectivity index (χ3v) is 6.81. The van der Waals surface area contributed by atoms with Crippen LogP contribution < -0.4 is 10.6 Å². The van der Waals surface area contributed by atoms with Crippen molar-refractivity contribution in [2.75, 3.05) is 38.1 Å². The first-order valence-corrected chi connectivity index (χ1v) is 11.5. The predicted molar refractivity (Wildman–Crippen MR) is 117 cm³/mol. The molecule has 1 aromatic carbocycles. The van der Waals surface area contributed by atoms with Crippen LogP contribution in [-0.2, 0) is 16.0 Å². The van der Waals surface area contributed by atoms with E-state index < -0.39 is 6.04 Å². The van der Waals surface area contributed by atoms with Gasteiger partial charge in [-0.25, -0.2) is 9.18 Å². The Balaban J connectivity index is 1.28. The van der Waals surface area contributed by atoms with Gasteiger partial charge in [0, 0.05) is 49.4 Å². The molecule has 0 bridgehead atoms. The first kappa shape index (κ1) is 21.9. The third kappa shape index (κ3) is 4.79. The zero-order valence-electron chi connectivity index (χ0n) is 18.5. The first-order chi connectivity index (χ1) is 15.0. The van der Waals surface area contributed by atoms with Gasteiger partial charge in [0.05, 0.1) is 6.61 Å². The van der Waals surface area contributed by atoms with Crippen LogP contribution in [0.15, 0.2) is 12.1 Å². The molecule has 0 spiro atoms. The Morgan fingerprint density at radius 1 is 1.23 bits per heavy atom. The van der Waals surface area contributed by atoms with Crippen molar-refractivity contribution in [2.24, 2.45) is 0 Å². The quantitative estimate of drug-likeness (QED) is 0.765. The fraction of sp³-hybridized carbons (Fsp3) is 0.652. The van der Waals surface area contributed by atoms with Crippen molar-refractivity contribution in [3.05, 3.63) is 29.1 Å². The van der Waals surface area contributed by atoms with Crippen LogP contribution in [0.4, 0.5) is 14.9 Å². The van der Waals surface area contributed by atoms with Gasteiger partial charge in [-0.1, -0.05) is 6.07 Å². The molecule has 3 heterocycles. The molecule has 0 saturated carbocycles. The highest BCUT2D eigenvalue weighted by molar-refractivity contribution is 5.88. The Morgan fingerprint density at radius 2 is 2.00 bits per heavy atom. The molecule has 0 aromatic heterocycles. The molecular formula is C23H33FN4O3. The highest BCUT2D eigenvalue weighted by Gasteiger charge is 2.34. The zero-order chi connectivity index (χ0) is 22.0. The number of amides is 2. The Labute approximate surface area is 183 Å². The summed E-state index contributed by atoms with van der Waals surface area (Å²) in [5, 5.41) is 6.42. The number of aryl methyl sites for hydroxylation is 1. The average Bonchev–Trinajstić information content (AvgIpc) is 3.24. The fourth-order valence-corrected chi connectivity index (χ4v) is 5.11. The zero-order valence-corrected chi connectivity index (χ0v) is 18.5. The van der Waals surface area contributed by atoms with Gasteiger partial charge in [0.15, 0.2) is 0 Å². The van der Waals surface area contributed by atoms with Gasteiger partial charge in [-0.3, -0.25) is 9.69 Å². The lowest BCUT2D eigenvalue weighted by Gasteiger charge is -2.42. The van der Waals surface area contributed by atoms with Crippen LogP contribution >= 0.6 is 0 Å². The number of hydrogen-bond acceptors (Lipinski definition) is 5. The Hall–Kier alpha value is -2.35. The van der Waals surface area contributed by atoms with E-state index in [1.807, 2.05) is 13.8 Å². The minimum absolute atomic E-state index is 0.0565. The molecule has 3 aliphatic heterocycles. The monoisotopic (exact) mass is 432 g/mol. The van der Waals surface area contributed by atoms with E-state index in [0.29, 0.717) is 37.7 Å². The van der Waals surface area contributed by atoms with E-state index >= 15 is 0 Å². The fourth-order valence-electron chi connectivity index (χ4n) is 5.11. The molecule has 0 aliphatic carbocycles. The third-order valence-electron chi connectivity index (χ3n) is 6.81. The molecule has 4 rings (SSSR count). The van der Waals surface area contributed by atoms with Gasteiger partial charge in [0.1, 0.15) is 11.9 Å². The lowest BCUT2D eigenvalue weighted by molar-refractivity contribution is -0.122. The topological polar surface area (TPSA) is 73.9 Å². The molecule has 3 aliphatic rings. The largest absolute Gasteiger partial charge is 0.450 e. The van der Waals surface area contributed by atoms with Gasteiger partial charge in [-0.15, -0.1) is 0 Å². The van der Waals surface area contributed by atoms with Crippen LogP contribution in [0.1, 0.15) is 43.7 Å². The smallest absolute Gasteiger partial charge is 0.409 e. The summed E-state index contributed by atoms with van der Waals surface area (Å²) in [7, 11) is 0. The molecular weight excluding hydrogens is 399 g/mol. The van der Waals surface area contributed by atoms with Gasteiger partial charge in [-0.2, -0.15) is 0 Å². The van der Waals surface area contributed by atoms with E-state index in [4.69, 9.17) is 4.74 Å². The summed E-state index contributed by atoms with van der Waals surface area (Å²) in [5.74, 6) is -0.305. The molecule has 2 saturated heterocycles. The minimum atomic E-state index is -0.422. The molecule has 2 amide bonds. The number of benzene rings is 1. The minimum Gasteiger partial charge on any atom is -0.450 e. The predicted octanol–water partition coefficient (Wildman–Crippen LogP) is 2.67. The number of anilines is 1. The molecule has 8 heteroatoms. The standard InChI is InChI=1S/C23H33FN4O3/c1-3-31-23(30)27-11-8-17(9-12-27)28-10-4-5-16(14-28)25-22(29)20-13-18-19(24)7-6-15(2)21(18)26-20/h6-7,16-17,20,26H,3-5,8-14H2,1-2H3,(H,25,29)/t16-,20?/m0/s1. The van der Waals surface area contributed by atoms with Crippen molar-refractivity contribution in [2.45, 2.75) is 64.1 Å².